The summed E-state index contributed by atoms with van der Waals surface area (Å²) in [6.07, 6.45) is 3.07. The van der Waals surface area contributed by atoms with Crippen molar-refractivity contribution >= 4 is 11.8 Å². The zero-order chi connectivity index (χ0) is 16.5. The van der Waals surface area contributed by atoms with E-state index in [1.165, 1.54) is 0 Å². The minimum atomic E-state index is -0.529. The van der Waals surface area contributed by atoms with Gasteiger partial charge in [0.15, 0.2) is 11.5 Å². The number of aliphatic hydroxyl groups is 1. The molecule has 2 rings (SSSR count). The molecule has 0 saturated carbocycles. The highest BCUT2D eigenvalue weighted by Crippen LogP contribution is 2.42. The summed E-state index contributed by atoms with van der Waals surface area (Å²) in [6.45, 7) is 9.75. The van der Waals surface area contributed by atoms with Gasteiger partial charge in [0.2, 0.25) is 0 Å². The van der Waals surface area contributed by atoms with Crippen LogP contribution in [0.3, 0.4) is 0 Å². The van der Waals surface area contributed by atoms with E-state index in [0.717, 1.165) is 11.1 Å². The van der Waals surface area contributed by atoms with Gasteiger partial charge in [0.25, 0.3) is 0 Å². The molecule has 4 nitrogen and oxygen atoms in total. The van der Waals surface area contributed by atoms with Crippen LogP contribution in [0.4, 0.5) is 0 Å². The Morgan fingerprint density at radius 2 is 1.91 bits per heavy atom. The standard InChI is InChI=1S/C18H25NO3/c1-12(20)18(5)11-19-10-14(18)13-7-8-15(21-6)16(9-13)22-17(2,3)4/h7-12,20H,1-6H3/t12-,18-/m1/s1. The van der Waals surface area contributed by atoms with Gasteiger partial charge in [-0.15, -0.1) is 0 Å². The summed E-state index contributed by atoms with van der Waals surface area (Å²) in [5.41, 5.74) is 1.14. The fourth-order valence-electron chi connectivity index (χ4n) is 2.45. The van der Waals surface area contributed by atoms with Gasteiger partial charge < -0.3 is 14.6 Å². The number of nitrogens with zero attached hydrogens (tertiary/aromatic N) is 1. The molecule has 1 aromatic carbocycles. The third-order valence-corrected chi connectivity index (χ3v) is 3.89. The van der Waals surface area contributed by atoms with Gasteiger partial charge in [-0.3, -0.25) is 4.99 Å². The van der Waals surface area contributed by atoms with E-state index >= 15 is 0 Å². The molecule has 0 unspecified atom stereocenters. The van der Waals surface area contributed by atoms with E-state index < -0.39 is 11.5 Å². The lowest BCUT2D eigenvalue weighted by molar-refractivity contribution is 0.125. The van der Waals surface area contributed by atoms with Gasteiger partial charge in [-0.05, 0) is 57.9 Å². The van der Waals surface area contributed by atoms with Crippen molar-refractivity contribution < 1.29 is 14.6 Å². The molecular weight excluding hydrogens is 278 g/mol. The van der Waals surface area contributed by atoms with Gasteiger partial charge in [0.05, 0.1) is 18.6 Å². The van der Waals surface area contributed by atoms with Gasteiger partial charge >= 0.3 is 0 Å². The maximum atomic E-state index is 10.1. The van der Waals surface area contributed by atoms with Gasteiger partial charge in [0, 0.05) is 12.4 Å². The Morgan fingerprint density at radius 1 is 1.23 bits per heavy atom. The number of rotatable bonds is 4. The Labute approximate surface area is 132 Å². The minimum absolute atomic E-state index is 0.319. The third-order valence-electron chi connectivity index (χ3n) is 3.89. The van der Waals surface area contributed by atoms with Crippen LogP contribution in [-0.2, 0) is 0 Å². The summed E-state index contributed by atoms with van der Waals surface area (Å²) >= 11 is 0. The van der Waals surface area contributed by atoms with E-state index in [1.807, 2.05) is 45.9 Å². The van der Waals surface area contributed by atoms with E-state index in [-0.39, 0.29) is 5.60 Å². The second-order valence-corrected chi connectivity index (χ2v) is 6.86. The first-order chi connectivity index (χ1) is 10.2. The van der Waals surface area contributed by atoms with E-state index in [9.17, 15) is 5.11 Å². The molecule has 0 saturated heterocycles. The van der Waals surface area contributed by atoms with Crippen LogP contribution in [0.2, 0.25) is 0 Å². The maximum Gasteiger partial charge on any atom is 0.162 e. The molecule has 1 aromatic rings. The molecule has 0 aliphatic carbocycles. The van der Waals surface area contributed by atoms with Gasteiger partial charge in [-0.25, -0.2) is 0 Å². The van der Waals surface area contributed by atoms with Crippen molar-refractivity contribution in [3.63, 3.8) is 0 Å². The van der Waals surface area contributed by atoms with Crippen molar-refractivity contribution in [3.05, 3.63) is 30.0 Å². The van der Waals surface area contributed by atoms with Gasteiger partial charge in [0.1, 0.15) is 5.60 Å². The fraction of sp³-hybridized carbons (Fsp3) is 0.500. The van der Waals surface area contributed by atoms with Gasteiger partial charge in [-0.2, -0.15) is 0 Å². The van der Waals surface area contributed by atoms with E-state index in [0.29, 0.717) is 11.5 Å². The Kier molecular flexibility index (Phi) is 4.34. The van der Waals surface area contributed by atoms with Crippen LogP contribution in [0.25, 0.3) is 5.57 Å². The summed E-state index contributed by atoms with van der Waals surface area (Å²) in [7, 11) is 1.63. The molecule has 0 bridgehead atoms. The lowest BCUT2D eigenvalue weighted by Crippen LogP contribution is -2.31. The molecule has 1 aliphatic rings. The minimum Gasteiger partial charge on any atom is -0.493 e. The van der Waals surface area contributed by atoms with Crippen molar-refractivity contribution in [2.24, 2.45) is 10.4 Å². The Morgan fingerprint density at radius 3 is 2.45 bits per heavy atom. The predicted molar refractivity (Wildman–Crippen MR) is 89.6 cm³/mol. The van der Waals surface area contributed by atoms with Crippen LogP contribution in [0.5, 0.6) is 11.5 Å². The van der Waals surface area contributed by atoms with Crippen molar-refractivity contribution in [1.82, 2.24) is 0 Å². The molecular formula is C18H25NO3. The number of hydrogen-bond donors (Lipinski definition) is 1. The number of methoxy groups -OCH3 is 1. The molecule has 1 N–H and O–H groups in total. The van der Waals surface area contributed by atoms with Crippen LogP contribution in [0.1, 0.15) is 40.2 Å². The largest absolute Gasteiger partial charge is 0.493 e. The van der Waals surface area contributed by atoms with E-state index in [1.54, 1.807) is 26.4 Å². The Bertz CT molecular complexity index is 611. The highest BCUT2D eigenvalue weighted by Gasteiger charge is 2.36. The molecule has 4 heteroatoms. The zero-order valence-corrected chi connectivity index (χ0v) is 14.2. The van der Waals surface area contributed by atoms with Crippen LogP contribution in [0, 0.1) is 5.41 Å². The molecule has 0 radical (unpaired) electrons. The summed E-state index contributed by atoms with van der Waals surface area (Å²) in [4.78, 5) is 4.24. The number of hydrogen-bond acceptors (Lipinski definition) is 4. The lowest BCUT2D eigenvalue weighted by atomic mass is 9.77. The van der Waals surface area contributed by atoms with Crippen molar-refractivity contribution in [2.75, 3.05) is 7.11 Å². The molecule has 0 aromatic heterocycles. The van der Waals surface area contributed by atoms with Crippen LogP contribution >= 0.6 is 0 Å². The zero-order valence-electron chi connectivity index (χ0n) is 14.2. The average molecular weight is 303 g/mol. The van der Waals surface area contributed by atoms with Crippen molar-refractivity contribution in [3.8, 4) is 11.5 Å². The summed E-state index contributed by atoms with van der Waals surface area (Å²) in [6, 6.07) is 5.80. The summed E-state index contributed by atoms with van der Waals surface area (Å²) < 4.78 is 11.4. The first-order valence-corrected chi connectivity index (χ1v) is 7.48. The quantitative estimate of drug-likeness (QED) is 0.923. The molecule has 120 valence electrons. The molecule has 0 fully saturated rings. The van der Waals surface area contributed by atoms with Gasteiger partial charge in [-0.1, -0.05) is 6.07 Å². The van der Waals surface area contributed by atoms with Crippen molar-refractivity contribution in [1.29, 1.82) is 0 Å². The first kappa shape index (κ1) is 16.6. The number of ether oxygens (including phenoxy) is 2. The second-order valence-electron chi connectivity index (χ2n) is 6.86. The van der Waals surface area contributed by atoms with Crippen molar-refractivity contribution in [2.45, 2.75) is 46.3 Å². The molecule has 1 aliphatic heterocycles. The highest BCUT2D eigenvalue weighted by atomic mass is 16.5. The molecule has 0 spiro atoms. The fourth-order valence-corrected chi connectivity index (χ4v) is 2.45. The third kappa shape index (κ3) is 3.17. The topological polar surface area (TPSA) is 51.0 Å². The van der Waals surface area contributed by atoms with E-state index in [2.05, 4.69) is 4.99 Å². The van der Waals surface area contributed by atoms with Crippen LogP contribution < -0.4 is 9.47 Å². The normalized spacial score (nSPS) is 22.4. The second kappa shape index (κ2) is 5.76. The monoisotopic (exact) mass is 303 g/mol. The lowest BCUT2D eigenvalue weighted by Gasteiger charge is -2.29. The highest BCUT2D eigenvalue weighted by molar-refractivity contribution is 5.92. The Balaban J connectivity index is 2.44. The molecule has 22 heavy (non-hydrogen) atoms. The predicted octanol–water partition coefficient (Wildman–Crippen LogP) is 3.68. The number of benzene rings is 1. The average Bonchev–Trinajstić information content (AvgIpc) is 2.80. The summed E-state index contributed by atoms with van der Waals surface area (Å²) in [5.74, 6) is 1.38. The molecule has 1 heterocycles. The van der Waals surface area contributed by atoms with Crippen LogP contribution in [-0.4, -0.2) is 30.1 Å². The smallest absolute Gasteiger partial charge is 0.162 e. The number of aliphatic hydroxyl groups excluding tert-OH is 1. The SMILES string of the molecule is COc1ccc(C2=CN=C[C@]2(C)[C@@H](C)O)cc1OC(C)(C)C. The molecule has 0 amide bonds. The molecule has 2 atom stereocenters. The maximum absolute atomic E-state index is 10.1. The number of aliphatic imine (C=N–C) groups is 1. The first-order valence-electron chi connectivity index (χ1n) is 7.48. The Hall–Kier alpha value is -1.81. The summed E-state index contributed by atoms with van der Waals surface area (Å²) in [5, 5.41) is 10.1. The van der Waals surface area contributed by atoms with E-state index in [4.69, 9.17) is 9.47 Å². The van der Waals surface area contributed by atoms with Crippen LogP contribution in [0.15, 0.2) is 29.4 Å².